The van der Waals surface area contributed by atoms with Crippen LogP contribution in [0.4, 0.5) is 0 Å². The van der Waals surface area contributed by atoms with E-state index in [1.807, 2.05) is 6.92 Å². The fourth-order valence-electron chi connectivity index (χ4n) is 2.00. The highest BCUT2D eigenvalue weighted by Crippen LogP contribution is 2.28. The van der Waals surface area contributed by atoms with Crippen LogP contribution in [0.2, 0.25) is 0 Å². The topological polar surface area (TPSA) is 26.3 Å². The molecule has 2 nitrogen and oxygen atoms in total. The Balaban J connectivity index is 2.31. The average Bonchev–Trinajstić information content (AvgIpc) is 2.57. The van der Waals surface area contributed by atoms with Crippen molar-refractivity contribution in [2.45, 2.75) is 39.2 Å². The normalized spacial score (nSPS) is 20.1. The van der Waals surface area contributed by atoms with Crippen LogP contribution in [-0.2, 0) is 14.9 Å². The molecule has 1 heterocycles. The number of hydrogen-bond donors (Lipinski definition) is 0. The van der Waals surface area contributed by atoms with E-state index in [4.69, 9.17) is 4.74 Å². The fraction of sp³-hybridized carbons (Fsp3) is 0.400. The van der Waals surface area contributed by atoms with Crippen molar-refractivity contribution in [3.8, 4) is 0 Å². The number of benzene rings is 1. The van der Waals surface area contributed by atoms with Crippen LogP contribution in [0.5, 0.6) is 0 Å². The second-order valence-electron chi connectivity index (χ2n) is 5.51. The highest BCUT2D eigenvalue weighted by Gasteiger charge is 2.23. The lowest BCUT2D eigenvalue weighted by atomic mass is 9.86. The summed E-state index contributed by atoms with van der Waals surface area (Å²) in [5, 5.41) is 0. The molecule has 0 aromatic heterocycles. The van der Waals surface area contributed by atoms with Crippen LogP contribution >= 0.6 is 0 Å². The molecular weight excluding hydrogens is 212 g/mol. The first-order valence-corrected chi connectivity index (χ1v) is 5.91. The smallest absolute Gasteiger partial charge is 0.331 e. The quantitative estimate of drug-likeness (QED) is 0.692. The molecule has 1 aliphatic rings. The van der Waals surface area contributed by atoms with Gasteiger partial charge in [-0.1, -0.05) is 45.0 Å². The van der Waals surface area contributed by atoms with Crippen molar-refractivity contribution < 1.29 is 9.53 Å². The van der Waals surface area contributed by atoms with Crippen LogP contribution in [0.3, 0.4) is 0 Å². The molecule has 0 N–H and O–H groups in total. The van der Waals surface area contributed by atoms with Crippen LogP contribution in [0.25, 0.3) is 5.57 Å². The lowest BCUT2D eigenvalue weighted by Crippen LogP contribution is -2.11. The van der Waals surface area contributed by atoms with Gasteiger partial charge in [0.2, 0.25) is 0 Å². The standard InChI is InChI=1S/C15H18O2/c1-10-13(9-14(16)17-10)11-5-7-12(8-6-11)15(2,3)4/h5-10H,1-4H3. The van der Waals surface area contributed by atoms with Crippen LogP contribution in [-0.4, -0.2) is 12.1 Å². The van der Waals surface area contributed by atoms with Crippen molar-refractivity contribution in [1.82, 2.24) is 0 Å². The molecule has 0 saturated carbocycles. The van der Waals surface area contributed by atoms with E-state index in [2.05, 4.69) is 45.0 Å². The second-order valence-corrected chi connectivity index (χ2v) is 5.51. The second kappa shape index (κ2) is 4.02. The van der Waals surface area contributed by atoms with Gasteiger partial charge in [0.25, 0.3) is 0 Å². The minimum absolute atomic E-state index is 0.136. The number of rotatable bonds is 1. The molecule has 0 spiro atoms. The summed E-state index contributed by atoms with van der Waals surface area (Å²) in [6.45, 7) is 8.46. The highest BCUT2D eigenvalue weighted by molar-refractivity contribution is 5.96. The predicted octanol–water partition coefficient (Wildman–Crippen LogP) is 3.31. The van der Waals surface area contributed by atoms with Crippen molar-refractivity contribution in [2.75, 3.05) is 0 Å². The van der Waals surface area contributed by atoms with Gasteiger partial charge in [0, 0.05) is 11.6 Å². The molecule has 2 heteroatoms. The van der Waals surface area contributed by atoms with E-state index in [0.717, 1.165) is 11.1 Å². The number of carbonyl (C=O) groups excluding carboxylic acids is 1. The van der Waals surface area contributed by atoms with Crippen LogP contribution < -0.4 is 0 Å². The summed E-state index contributed by atoms with van der Waals surface area (Å²) in [5.74, 6) is -0.243. The van der Waals surface area contributed by atoms with Crippen molar-refractivity contribution >= 4 is 11.5 Å². The van der Waals surface area contributed by atoms with Crippen molar-refractivity contribution in [2.24, 2.45) is 0 Å². The molecule has 0 amide bonds. The summed E-state index contributed by atoms with van der Waals surface area (Å²) in [7, 11) is 0. The van der Waals surface area contributed by atoms with Gasteiger partial charge in [-0.2, -0.15) is 0 Å². The number of ether oxygens (including phenoxy) is 1. The first-order chi connectivity index (χ1) is 7.88. The van der Waals surface area contributed by atoms with Gasteiger partial charge in [-0.25, -0.2) is 4.79 Å². The summed E-state index contributed by atoms with van der Waals surface area (Å²) >= 11 is 0. The van der Waals surface area contributed by atoms with E-state index >= 15 is 0 Å². The van der Waals surface area contributed by atoms with Gasteiger partial charge in [0.1, 0.15) is 6.10 Å². The molecule has 1 aliphatic heterocycles. The van der Waals surface area contributed by atoms with E-state index in [1.165, 1.54) is 5.56 Å². The van der Waals surface area contributed by atoms with Gasteiger partial charge >= 0.3 is 5.97 Å². The lowest BCUT2D eigenvalue weighted by Gasteiger charge is -2.19. The maximum Gasteiger partial charge on any atom is 0.331 e. The Morgan fingerprint density at radius 2 is 1.71 bits per heavy atom. The van der Waals surface area contributed by atoms with Gasteiger partial charge in [-0.05, 0) is 23.5 Å². The van der Waals surface area contributed by atoms with E-state index < -0.39 is 0 Å². The van der Waals surface area contributed by atoms with E-state index in [-0.39, 0.29) is 17.5 Å². The van der Waals surface area contributed by atoms with Gasteiger partial charge in [0.15, 0.2) is 0 Å². The third kappa shape index (κ3) is 2.41. The van der Waals surface area contributed by atoms with E-state index in [1.54, 1.807) is 6.08 Å². The molecule has 0 fully saturated rings. The maximum absolute atomic E-state index is 11.2. The molecule has 17 heavy (non-hydrogen) atoms. The molecule has 1 aromatic carbocycles. The molecule has 2 rings (SSSR count). The first-order valence-electron chi connectivity index (χ1n) is 5.91. The minimum Gasteiger partial charge on any atom is -0.455 e. The number of esters is 1. The summed E-state index contributed by atoms with van der Waals surface area (Å²) < 4.78 is 5.09. The number of hydrogen-bond acceptors (Lipinski definition) is 2. The Kier molecular flexibility index (Phi) is 2.82. The zero-order valence-corrected chi connectivity index (χ0v) is 10.8. The Bertz CT molecular complexity index is 461. The molecule has 90 valence electrons. The fourth-order valence-corrected chi connectivity index (χ4v) is 2.00. The third-order valence-electron chi connectivity index (χ3n) is 3.09. The molecule has 1 atom stereocenters. The van der Waals surface area contributed by atoms with Gasteiger partial charge in [-0.3, -0.25) is 0 Å². The van der Waals surface area contributed by atoms with E-state index in [0.29, 0.717) is 0 Å². The lowest BCUT2D eigenvalue weighted by molar-refractivity contribution is -0.137. The summed E-state index contributed by atoms with van der Waals surface area (Å²) in [5.41, 5.74) is 3.48. The largest absolute Gasteiger partial charge is 0.455 e. The number of carbonyl (C=O) groups is 1. The molecule has 1 unspecified atom stereocenters. The average molecular weight is 230 g/mol. The van der Waals surface area contributed by atoms with Crippen molar-refractivity contribution in [3.05, 3.63) is 41.5 Å². The number of cyclic esters (lactones) is 1. The Labute approximate surface area is 102 Å². The van der Waals surface area contributed by atoms with Gasteiger partial charge in [0.05, 0.1) is 0 Å². The Morgan fingerprint density at radius 1 is 1.12 bits per heavy atom. The summed E-state index contributed by atoms with van der Waals surface area (Å²) in [6, 6.07) is 8.35. The highest BCUT2D eigenvalue weighted by atomic mass is 16.5. The molecule has 1 aromatic rings. The van der Waals surface area contributed by atoms with Crippen LogP contribution in [0, 0.1) is 0 Å². The summed E-state index contributed by atoms with van der Waals surface area (Å²) in [4.78, 5) is 11.2. The monoisotopic (exact) mass is 230 g/mol. The van der Waals surface area contributed by atoms with Crippen LogP contribution in [0.15, 0.2) is 30.3 Å². The van der Waals surface area contributed by atoms with Gasteiger partial charge in [-0.15, -0.1) is 0 Å². The van der Waals surface area contributed by atoms with E-state index in [9.17, 15) is 4.79 Å². The van der Waals surface area contributed by atoms with Crippen molar-refractivity contribution in [1.29, 1.82) is 0 Å². The molecule has 0 bridgehead atoms. The summed E-state index contributed by atoms with van der Waals surface area (Å²) in [6.07, 6.45) is 1.44. The van der Waals surface area contributed by atoms with Crippen LogP contribution in [0.1, 0.15) is 38.8 Å². The van der Waals surface area contributed by atoms with Crippen molar-refractivity contribution in [3.63, 3.8) is 0 Å². The molecule has 0 saturated heterocycles. The minimum atomic E-state index is -0.243. The predicted molar refractivity (Wildman–Crippen MR) is 68.7 cm³/mol. The molecule has 0 radical (unpaired) electrons. The Hall–Kier alpha value is -1.57. The third-order valence-corrected chi connectivity index (χ3v) is 3.09. The molecular formula is C15H18O2. The van der Waals surface area contributed by atoms with Gasteiger partial charge < -0.3 is 4.74 Å². The Morgan fingerprint density at radius 3 is 2.12 bits per heavy atom. The first kappa shape index (κ1) is 11.9. The maximum atomic E-state index is 11.2. The zero-order valence-electron chi connectivity index (χ0n) is 10.8. The molecule has 0 aliphatic carbocycles. The SMILES string of the molecule is CC1OC(=O)C=C1c1ccc(C(C)(C)C)cc1. The zero-order chi connectivity index (χ0) is 12.6.